The third kappa shape index (κ3) is 4.42. The molecule has 1 heterocycles. The maximum absolute atomic E-state index is 14.5. The van der Waals surface area contributed by atoms with Gasteiger partial charge in [0.2, 0.25) is 0 Å². The molecule has 0 radical (unpaired) electrons. The normalized spacial score (nSPS) is 23.8. The first-order valence-electron chi connectivity index (χ1n) is 9.00. The van der Waals surface area contributed by atoms with E-state index in [9.17, 15) is 19.1 Å². The zero-order valence-corrected chi connectivity index (χ0v) is 15.7. The van der Waals surface area contributed by atoms with E-state index in [1.165, 1.54) is 24.8 Å². The average Bonchev–Trinajstić information content (AvgIpc) is 3.44. The first kappa shape index (κ1) is 19.3. The van der Waals surface area contributed by atoms with Gasteiger partial charge in [0.1, 0.15) is 5.82 Å². The first-order valence-corrected chi connectivity index (χ1v) is 9.88. The summed E-state index contributed by atoms with van der Waals surface area (Å²) in [5.41, 5.74) is 1.36. The van der Waals surface area contributed by atoms with Gasteiger partial charge in [0.25, 0.3) is 0 Å². The molecule has 26 heavy (non-hydrogen) atoms. The summed E-state index contributed by atoms with van der Waals surface area (Å²) in [5.74, 6) is -0.260. The Labute approximate surface area is 157 Å². The predicted molar refractivity (Wildman–Crippen MR) is 100 cm³/mol. The van der Waals surface area contributed by atoms with Crippen molar-refractivity contribution >= 4 is 22.7 Å². The van der Waals surface area contributed by atoms with E-state index < -0.39 is 6.04 Å². The van der Waals surface area contributed by atoms with Gasteiger partial charge >= 0.3 is 0 Å². The fourth-order valence-corrected chi connectivity index (χ4v) is 4.52. The molecule has 1 saturated heterocycles. The van der Waals surface area contributed by atoms with Gasteiger partial charge in [0.05, 0.1) is 12.6 Å². The van der Waals surface area contributed by atoms with Crippen molar-refractivity contribution in [1.29, 1.82) is 0 Å². The average molecular weight is 377 g/mol. The van der Waals surface area contributed by atoms with Crippen LogP contribution in [0.25, 0.3) is 0 Å². The lowest BCUT2D eigenvalue weighted by molar-refractivity contribution is -0.126. The molecule has 6 heteroatoms. The maximum atomic E-state index is 14.5. The molecule has 1 aliphatic carbocycles. The Morgan fingerprint density at radius 3 is 2.69 bits per heavy atom. The molecule has 0 spiro atoms. The smallest absolute Gasteiger partial charge is 0.186 e. The van der Waals surface area contributed by atoms with Gasteiger partial charge in [0.15, 0.2) is 10.9 Å². The van der Waals surface area contributed by atoms with Crippen LogP contribution in [0.1, 0.15) is 37.8 Å². The fraction of sp³-hybridized carbons (Fsp3) is 0.500. The Morgan fingerprint density at radius 2 is 2.08 bits per heavy atom. The van der Waals surface area contributed by atoms with E-state index in [4.69, 9.17) is 0 Å². The molecule has 4 nitrogen and oxygen atoms in total. The van der Waals surface area contributed by atoms with Gasteiger partial charge in [-0.25, -0.2) is 4.39 Å². The third-order valence-electron chi connectivity index (χ3n) is 4.95. The number of nitrogens with zero attached hydrogens (tertiary/aromatic N) is 1. The monoisotopic (exact) mass is 377 g/mol. The van der Waals surface area contributed by atoms with Crippen LogP contribution in [0.15, 0.2) is 35.9 Å². The van der Waals surface area contributed by atoms with Crippen molar-refractivity contribution in [3.05, 3.63) is 47.3 Å². The quantitative estimate of drug-likeness (QED) is 0.772. The van der Waals surface area contributed by atoms with Gasteiger partial charge in [-0.15, -0.1) is 0 Å². The molecular weight excluding hydrogens is 353 g/mol. The lowest BCUT2D eigenvalue weighted by Crippen LogP contribution is -2.43. The molecular formula is C20H24FNO3S. The molecule has 3 rings (SSSR count). The Kier molecular flexibility index (Phi) is 6.27. The first-order chi connectivity index (χ1) is 12.5. The Balaban J connectivity index is 1.87. The zero-order valence-electron chi connectivity index (χ0n) is 14.9. The lowest BCUT2D eigenvalue weighted by atomic mass is 9.93. The number of aliphatic hydroxyl groups is 1. The number of hydrogen-bond donors (Lipinski definition) is 1. The highest BCUT2D eigenvalue weighted by Crippen LogP contribution is 2.40. The van der Waals surface area contributed by atoms with E-state index in [1.807, 2.05) is 4.90 Å². The SMILES string of the molecule is CC(=O)SC1CCN(C(C(=O)C2CC2)c2ccccc2F)CC1=CCO. The summed E-state index contributed by atoms with van der Waals surface area (Å²) in [6.45, 7) is 2.50. The fourth-order valence-electron chi connectivity index (χ4n) is 3.57. The second kappa shape index (κ2) is 8.46. The molecule has 0 bridgehead atoms. The van der Waals surface area contributed by atoms with Crippen LogP contribution in [-0.4, -0.2) is 45.9 Å². The minimum Gasteiger partial charge on any atom is -0.392 e. The van der Waals surface area contributed by atoms with Crippen LogP contribution in [0.4, 0.5) is 4.39 Å². The molecule has 2 atom stereocenters. The second-order valence-corrected chi connectivity index (χ2v) is 8.30. The lowest BCUT2D eigenvalue weighted by Gasteiger charge is -2.38. The van der Waals surface area contributed by atoms with Gasteiger partial charge in [0, 0.05) is 36.7 Å². The number of carbonyl (C=O) groups is 2. The van der Waals surface area contributed by atoms with E-state index in [2.05, 4.69) is 0 Å². The van der Waals surface area contributed by atoms with Crippen LogP contribution in [0, 0.1) is 11.7 Å². The van der Waals surface area contributed by atoms with Crippen molar-refractivity contribution in [3.8, 4) is 0 Å². The van der Waals surface area contributed by atoms with Crippen LogP contribution < -0.4 is 0 Å². The minimum absolute atomic E-state index is 0.00759. The number of likely N-dealkylation sites (tertiary alicyclic amines) is 1. The van der Waals surface area contributed by atoms with Gasteiger partial charge in [-0.2, -0.15) is 0 Å². The maximum Gasteiger partial charge on any atom is 0.186 e. The zero-order chi connectivity index (χ0) is 18.7. The highest BCUT2D eigenvalue weighted by molar-refractivity contribution is 8.14. The number of piperidine rings is 1. The van der Waals surface area contributed by atoms with Gasteiger partial charge in [-0.1, -0.05) is 36.0 Å². The number of aliphatic hydroxyl groups excluding tert-OH is 1. The molecule has 2 fully saturated rings. The molecule has 1 N–H and O–H groups in total. The number of Topliss-reactive ketones (excluding diaryl/α,β-unsaturated/α-hetero) is 1. The molecule has 2 aliphatic rings. The van der Waals surface area contributed by atoms with Crippen molar-refractivity contribution in [2.24, 2.45) is 5.92 Å². The van der Waals surface area contributed by atoms with Crippen molar-refractivity contribution in [3.63, 3.8) is 0 Å². The number of thioether (sulfide) groups is 1. The molecule has 0 aromatic heterocycles. The molecule has 1 aromatic rings. The molecule has 140 valence electrons. The molecule has 0 amide bonds. The van der Waals surface area contributed by atoms with Crippen LogP contribution in [-0.2, 0) is 9.59 Å². The van der Waals surface area contributed by atoms with Crippen LogP contribution in [0.2, 0.25) is 0 Å². The van der Waals surface area contributed by atoms with Gasteiger partial charge in [-0.05, 0) is 30.9 Å². The Hall–Kier alpha value is -1.50. The number of benzene rings is 1. The van der Waals surface area contributed by atoms with E-state index >= 15 is 0 Å². The number of halogens is 1. The highest BCUT2D eigenvalue weighted by atomic mass is 32.2. The summed E-state index contributed by atoms with van der Waals surface area (Å²) in [4.78, 5) is 26.4. The number of hydrogen-bond acceptors (Lipinski definition) is 5. The van der Waals surface area contributed by atoms with Gasteiger partial charge < -0.3 is 5.11 Å². The standard InChI is InChI=1S/C20H24FNO3S/c1-13(24)26-18-8-10-22(12-15(18)9-11-23)19(20(25)14-6-7-14)16-4-2-3-5-17(16)21/h2-5,9,14,18-19,23H,6-8,10-12H2,1H3. The summed E-state index contributed by atoms with van der Waals surface area (Å²) >= 11 is 1.26. The van der Waals surface area contributed by atoms with Crippen LogP contribution >= 0.6 is 11.8 Å². The summed E-state index contributed by atoms with van der Waals surface area (Å²) < 4.78 is 14.5. The Morgan fingerprint density at radius 1 is 1.35 bits per heavy atom. The summed E-state index contributed by atoms with van der Waals surface area (Å²) in [5, 5.41) is 9.39. The summed E-state index contributed by atoms with van der Waals surface area (Å²) in [6, 6.07) is 5.87. The van der Waals surface area contributed by atoms with Gasteiger partial charge in [-0.3, -0.25) is 14.5 Å². The highest BCUT2D eigenvalue weighted by Gasteiger charge is 2.41. The summed E-state index contributed by atoms with van der Waals surface area (Å²) in [7, 11) is 0. The molecule has 1 aromatic carbocycles. The number of rotatable bonds is 6. The number of ketones is 1. The third-order valence-corrected chi connectivity index (χ3v) is 6.11. The number of carbonyl (C=O) groups excluding carboxylic acids is 2. The van der Waals surface area contributed by atoms with Crippen molar-refractivity contribution in [2.75, 3.05) is 19.7 Å². The van der Waals surface area contributed by atoms with Crippen molar-refractivity contribution in [2.45, 2.75) is 37.5 Å². The van der Waals surface area contributed by atoms with Crippen molar-refractivity contribution in [1.82, 2.24) is 4.90 Å². The van der Waals surface area contributed by atoms with E-state index in [0.29, 0.717) is 25.1 Å². The second-order valence-electron chi connectivity index (χ2n) is 6.92. The largest absolute Gasteiger partial charge is 0.392 e. The topological polar surface area (TPSA) is 57.6 Å². The Bertz CT molecular complexity index is 717. The van der Waals surface area contributed by atoms with Crippen LogP contribution in [0.3, 0.4) is 0 Å². The molecule has 1 saturated carbocycles. The molecule has 2 unspecified atom stereocenters. The van der Waals surface area contributed by atoms with Crippen LogP contribution in [0.5, 0.6) is 0 Å². The summed E-state index contributed by atoms with van der Waals surface area (Å²) in [6.07, 6.45) is 4.16. The predicted octanol–water partition coefficient (Wildman–Crippen LogP) is 3.12. The minimum atomic E-state index is -0.603. The molecule has 1 aliphatic heterocycles. The van der Waals surface area contributed by atoms with E-state index in [0.717, 1.165) is 18.4 Å². The van der Waals surface area contributed by atoms with E-state index in [1.54, 1.807) is 24.3 Å². The van der Waals surface area contributed by atoms with E-state index in [-0.39, 0.29) is 34.5 Å². The van der Waals surface area contributed by atoms with Crippen molar-refractivity contribution < 1.29 is 19.1 Å².